The van der Waals surface area contributed by atoms with Gasteiger partial charge < -0.3 is 4.90 Å². The molecule has 1 aromatic heterocycles. The number of halogens is 1. The predicted molar refractivity (Wildman–Crippen MR) is 97.4 cm³/mol. The Bertz CT molecular complexity index is 646. The van der Waals surface area contributed by atoms with E-state index in [1.807, 2.05) is 56.9 Å². The van der Waals surface area contributed by atoms with Crippen LogP contribution in [0, 0.1) is 0 Å². The molecular weight excluding hydrogens is 376 g/mol. The average molecular weight is 397 g/mol. The van der Waals surface area contributed by atoms with Gasteiger partial charge in [0.05, 0.1) is 5.75 Å². The Labute approximate surface area is 149 Å². The molecule has 23 heavy (non-hydrogen) atoms. The first-order valence-corrected chi connectivity index (χ1v) is 9.28. The molecule has 1 aromatic carbocycles. The van der Waals surface area contributed by atoms with Crippen molar-refractivity contribution in [1.82, 2.24) is 20.1 Å². The number of benzene rings is 1. The molecule has 0 bridgehead atoms. The zero-order valence-electron chi connectivity index (χ0n) is 13.7. The third kappa shape index (κ3) is 4.81. The van der Waals surface area contributed by atoms with Gasteiger partial charge in [0.15, 0.2) is 5.82 Å². The van der Waals surface area contributed by atoms with Crippen molar-refractivity contribution in [2.45, 2.75) is 44.9 Å². The lowest BCUT2D eigenvalue weighted by molar-refractivity contribution is -0.131. The highest BCUT2D eigenvalue weighted by Gasteiger charge is 2.20. The second-order valence-corrected chi connectivity index (χ2v) is 7.61. The van der Waals surface area contributed by atoms with Crippen molar-refractivity contribution in [2.24, 2.45) is 0 Å². The zero-order chi connectivity index (χ0) is 17.0. The summed E-state index contributed by atoms with van der Waals surface area (Å²) >= 11 is 4.76. The molecule has 1 N–H and O–H groups in total. The number of hydrogen-bond acceptors (Lipinski definition) is 4. The Morgan fingerprint density at radius 2 is 1.83 bits per heavy atom. The van der Waals surface area contributed by atoms with E-state index in [4.69, 9.17) is 0 Å². The third-order valence-electron chi connectivity index (χ3n) is 3.31. The van der Waals surface area contributed by atoms with Gasteiger partial charge in [-0.25, -0.2) is 4.98 Å². The Kier molecular flexibility index (Phi) is 6.24. The van der Waals surface area contributed by atoms with Crippen molar-refractivity contribution in [1.29, 1.82) is 0 Å². The molecule has 2 aromatic rings. The number of nitrogens with one attached hydrogen (secondary N) is 1. The van der Waals surface area contributed by atoms with Gasteiger partial charge in [-0.2, -0.15) is 0 Å². The van der Waals surface area contributed by atoms with Crippen LogP contribution in [0.4, 0.5) is 0 Å². The highest BCUT2D eigenvalue weighted by molar-refractivity contribution is 9.10. The van der Waals surface area contributed by atoms with E-state index >= 15 is 0 Å². The minimum absolute atomic E-state index is 0.106. The number of aromatic nitrogens is 3. The maximum Gasteiger partial charge on any atom is 0.233 e. The Morgan fingerprint density at radius 1 is 1.22 bits per heavy atom. The average Bonchev–Trinajstić information content (AvgIpc) is 2.94. The number of hydrogen-bond donors (Lipinski definition) is 1. The number of amides is 1. The minimum Gasteiger partial charge on any atom is -0.337 e. The van der Waals surface area contributed by atoms with Crippen LogP contribution in [-0.2, 0) is 4.79 Å². The van der Waals surface area contributed by atoms with Crippen molar-refractivity contribution >= 4 is 33.6 Å². The molecule has 0 radical (unpaired) electrons. The molecule has 0 aliphatic carbocycles. The summed E-state index contributed by atoms with van der Waals surface area (Å²) in [7, 11) is 0. The van der Waals surface area contributed by atoms with Crippen molar-refractivity contribution < 1.29 is 4.79 Å². The zero-order valence-corrected chi connectivity index (χ0v) is 16.1. The van der Waals surface area contributed by atoms with Crippen LogP contribution in [0.2, 0.25) is 0 Å². The van der Waals surface area contributed by atoms with Gasteiger partial charge in [-0.3, -0.25) is 9.89 Å². The number of thioether (sulfide) groups is 1. The van der Waals surface area contributed by atoms with Crippen molar-refractivity contribution in [3.05, 3.63) is 28.7 Å². The summed E-state index contributed by atoms with van der Waals surface area (Å²) in [4.78, 5) is 18.7. The molecule has 0 atom stereocenters. The normalized spacial score (nSPS) is 11.3. The molecule has 124 valence electrons. The molecule has 0 spiro atoms. The van der Waals surface area contributed by atoms with Crippen LogP contribution in [0.1, 0.15) is 27.7 Å². The van der Waals surface area contributed by atoms with Crippen LogP contribution in [0.15, 0.2) is 33.9 Å². The molecule has 0 saturated carbocycles. The standard InChI is InChI=1S/C16H21BrN4OS/c1-10(2)21(11(3)4)14(22)9-23-16-18-15(19-20-16)12-5-7-13(17)8-6-12/h5-8,10-11H,9H2,1-4H3,(H,18,19,20). The summed E-state index contributed by atoms with van der Waals surface area (Å²) in [5, 5.41) is 7.69. The van der Waals surface area contributed by atoms with Crippen molar-refractivity contribution in [2.75, 3.05) is 5.75 Å². The number of nitrogens with zero attached hydrogens (tertiary/aromatic N) is 3. The summed E-state index contributed by atoms with van der Waals surface area (Å²) in [5.41, 5.74) is 0.963. The molecule has 0 unspecified atom stereocenters. The molecule has 0 saturated heterocycles. The first-order chi connectivity index (χ1) is 10.9. The number of aromatic amines is 1. The predicted octanol–water partition coefficient (Wildman–Crippen LogP) is 3.97. The maximum atomic E-state index is 12.3. The summed E-state index contributed by atoms with van der Waals surface area (Å²) in [6, 6.07) is 8.21. The van der Waals surface area contributed by atoms with Crippen LogP contribution in [-0.4, -0.2) is 43.8 Å². The molecule has 1 heterocycles. The largest absolute Gasteiger partial charge is 0.337 e. The quantitative estimate of drug-likeness (QED) is 0.750. The first kappa shape index (κ1) is 18.0. The van der Waals surface area contributed by atoms with E-state index < -0.39 is 0 Å². The van der Waals surface area contributed by atoms with E-state index in [1.54, 1.807) is 0 Å². The van der Waals surface area contributed by atoms with Gasteiger partial charge >= 0.3 is 0 Å². The SMILES string of the molecule is CC(C)N(C(=O)CSc1n[nH]c(-c2ccc(Br)cc2)n1)C(C)C. The smallest absolute Gasteiger partial charge is 0.233 e. The van der Waals surface area contributed by atoms with Crippen molar-refractivity contribution in [3.8, 4) is 11.4 Å². The molecule has 0 aliphatic rings. The maximum absolute atomic E-state index is 12.3. The van der Waals surface area contributed by atoms with Crippen LogP contribution in [0.3, 0.4) is 0 Å². The molecule has 0 aliphatic heterocycles. The molecule has 5 nitrogen and oxygen atoms in total. The molecule has 7 heteroatoms. The van der Waals surface area contributed by atoms with E-state index in [-0.39, 0.29) is 18.0 Å². The lowest BCUT2D eigenvalue weighted by Crippen LogP contribution is -2.43. The monoisotopic (exact) mass is 396 g/mol. The number of rotatable bonds is 6. The Balaban J connectivity index is 1.99. The topological polar surface area (TPSA) is 61.9 Å². The van der Waals surface area contributed by atoms with Gasteiger partial charge in [-0.05, 0) is 39.8 Å². The van der Waals surface area contributed by atoms with Crippen LogP contribution in [0.25, 0.3) is 11.4 Å². The molecular formula is C16H21BrN4OS. The van der Waals surface area contributed by atoms with Gasteiger partial charge in [-0.15, -0.1) is 5.10 Å². The summed E-state index contributed by atoms with van der Waals surface area (Å²) in [6.07, 6.45) is 0. The summed E-state index contributed by atoms with van der Waals surface area (Å²) in [5.74, 6) is 1.15. The fourth-order valence-electron chi connectivity index (χ4n) is 2.42. The molecule has 0 fully saturated rings. The summed E-state index contributed by atoms with van der Waals surface area (Å²) < 4.78 is 1.02. The molecule has 2 rings (SSSR count). The second-order valence-electron chi connectivity index (χ2n) is 5.75. The lowest BCUT2D eigenvalue weighted by atomic mass is 10.2. The van der Waals surface area contributed by atoms with E-state index in [1.165, 1.54) is 11.8 Å². The first-order valence-electron chi connectivity index (χ1n) is 7.50. The highest BCUT2D eigenvalue weighted by atomic mass is 79.9. The fourth-order valence-corrected chi connectivity index (χ4v) is 3.35. The third-order valence-corrected chi connectivity index (χ3v) is 4.67. The minimum atomic E-state index is 0.106. The second kappa shape index (κ2) is 7.97. The number of H-pyrrole nitrogens is 1. The van der Waals surface area contributed by atoms with Gasteiger partial charge in [0, 0.05) is 22.1 Å². The van der Waals surface area contributed by atoms with E-state index in [0.717, 1.165) is 10.0 Å². The molecule has 1 amide bonds. The summed E-state index contributed by atoms with van der Waals surface area (Å²) in [6.45, 7) is 8.12. The Hall–Kier alpha value is -1.34. The van der Waals surface area contributed by atoms with Gasteiger partial charge in [0.25, 0.3) is 0 Å². The highest BCUT2D eigenvalue weighted by Crippen LogP contribution is 2.21. The van der Waals surface area contributed by atoms with Crippen LogP contribution < -0.4 is 0 Å². The fraction of sp³-hybridized carbons (Fsp3) is 0.438. The van der Waals surface area contributed by atoms with Gasteiger partial charge in [0.1, 0.15) is 0 Å². The van der Waals surface area contributed by atoms with Gasteiger partial charge in [-0.1, -0.05) is 39.8 Å². The van der Waals surface area contributed by atoms with Gasteiger partial charge in [0.2, 0.25) is 11.1 Å². The van der Waals surface area contributed by atoms with Crippen LogP contribution in [0.5, 0.6) is 0 Å². The Morgan fingerprint density at radius 3 is 2.39 bits per heavy atom. The van der Waals surface area contributed by atoms with Crippen LogP contribution >= 0.6 is 27.7 Å². The number of carbonyl (C=O) groups is 1. The number of carbonyl (C=O) groups excluding carboxylic acids is 1. The van der Waals surface area contributed by atoms with E-state index in [0.29, 0.717) is 16.7 Å². The van der Waals surface area contributed by atoms with Crippen molar-refractivity contribution in [3.63, 3.8) is 0 Å². The lowest BCUT2D eigenvalue weighted by Gasteiger charge is -2.30. The van der Waals surface area contributed by atoms with E-state index in [9.17, 15) is 4.79 Å². The van der Waals surface area contributed by atoms with E-state index in [2.05, 4.69) is 31.1 Å².